The fourth-order valence-electron chi connectivity index (χ4n) is 3.22. The van der Waals surface area contributed by atoms with Crippen molar-refractivity contribution >= 4 is 45.4 Å². The lowest BCUT2D eigenvalue weighted by Gasteiger charge is -2.31. The van der Waals surface area contributed by atoms with Crippen LogP contribution in [0.4, 0.5) is 11.8 Å². The van der Waals surface area contributed by atoms with Gasteiger partial charge in [-0.25, -0.2) is 15.0 Å². The van der Waals surface area contributed by atoms with Gasteiger partial charge in [-0.05, 0) is 0 Å². The second-order valence-corrected chi connectivity index (χ2v) is 9.15. The molecule has 0 bridgehead atoms. The summed E-state index contributed by atoms with van der Waals surface area (Å²) < 4.78 is 11.8. The van der Waals surface area contributed by atoms with Crippen LogP contribution in [0, 0.1) is 0 Å². The zero-order valence-electron chi connectivity index (χ0n) is 15.0. The van der Waals surface area contributed by atoms with Crippen molar-refractivity contribution in [1.82, 2.24) is 25.3 Å². The zero-order chi connectivity index (χ0) is 18.6. The Morgan fingerprint density at radius 2 is 1.85 bits per heavy atom. The van der Waals surface area contributed by atoms with Crippen molar-refractivity contribution in [1.29, 1.82) is 0 Å². The van der Waals surface area contributed by atoms with E-state index in [9.17, 15) is 9.32 Å². The van der Waals surface area contributed by atoms with Crippen LogP contribution in [-0.2, 0) is 10.8 Å². The van der Waals surface area contributed by atoms with E-state index in [1.807, 2.05) is 0 Å². The number of piperazine rings is 1. The molecule has 2 aliphatic rings. The molecule has 0 aliphatic carbocycles. The summed E-state index contributed by atoms with van der Waals surface area (Å²) in [4.78, 5) is 22.8. The molecule has 146 valence electrons. The molecule has 11 heteroatoms. The Hall–Kier alpha value is -1.56. The topological polar surface area (TPSA) is 107 Å². The van der Waals surface area contributed by atoms with Gasteiger partial charge < -0.3 is 20.2 Å². The van der Waals surface area contributed by atoms with Gasteiger partial charge in [0.2, 0.25) is 5.95 Å². The molecule has 0 unspecified atom stereocenters. The van der Waals surface area contributed by atoms with E-state index in [0.29, 0.717) is 36.3 Å². The average molecular weight is 410 g/mol. The summed E-state index contributed by atoms with van der Waals surface area (Å²) in [6.45, 7) is 4.97. The molecule has 0 aromatic carbocycles. The first kappa shape index (κ1) is 18.8. The number of aliphatic hydroxyl groups excluding tert-OH is 1. The Balaban J connectivity index is 1.79. The lowest BCUT2D eigenvalue weighted by atomic mass is 10.3. The van der Waals surface area contributed by atoms with Gasteiger partial charge in [0.15, 0.2) is 5.82 Å². The van der Waals surface area contributed by atoms with E-state index < -0.39 is 10.8 Å². The number of hydrogen-bond acceptors (Lipinski definition) is 10. The van der Waals surface area contributed by atoms with Crippen LogP contribution in [0.3, 0.4) is 0 Å². The molecule has 0 radical (unpaired) electrons. The quantitative estimate of drug-likeness (QED) is 0.495. The van der Waals surface area contributed by atoms with Crippen molar-refractivity contribution in [3.8, 4) is 0 Å². The Bertz CT molecular complexity index is 822. The third kappa shape index (κ3) is 4.15. The van der Waals surface area contributed by atoms with Gasteiger partial charge in [0, 0.05) is 67.3 Å². The zero-order valence-corrected chi connectivity index (χ0v) is 16.6. The maximum Gasteiger partial charge on any atom is 0.228 e. The fourth-order valence-corrected chi connectivity index (χ4v) is 4.96. The van der Waals surface area contributed by atoms with Gasteiger partial charge in [-0.15, -0.1) is 11.8 Å². The molecule has 2 aromatic heterocycles. The van der Waals surface area contributed by atoms with E-state index in [1.165, 1.54) is 18.1 Å². The van der Waals surface area contributed by atoms with Crippen molar-refractivity contribution < 1.29 is 9.32 Å². The number of aromatic nitrogens is 4. The molecule has 2 N–H and O–H groups in total. The SMILES string of the molecule is O=S1CCN(c2nc(N3CCNCC3)nc3c(SCCO)ncnc23)CC1. The molecule has 4 heterocycles. The molecular weight excluding hydrogens is 386 g/mol. The minimum atomic E-state index is -0.755. The van der Waals surface area contributed by atoms with Crippen molar-refractivity contribution in [3.05, 3.63) is 6.33 Å². The van der Waals surface area contributed by atoms with Crippen LogP contribution in [0.1, 0.15) is 0 Å². The first-order valence-electron chi connectivity index (χ1n) is 9.08. The maximum absolute atomic E-state index is 11.8. The van der Waals surface area contributed by atoms with Crippen LogP contribution in [-0.4, -0.2) is 92.4 Å². The van der Waals surface area contributed by atoms with Crippen LogP contribution in [0.2, 0.25) is 0 Å². The highest BCUT2D eigenvalue weighted by Gasteiger charge is 2.24. The van der Waals surface area contributed by atoms with Gasteiger partial charge in [0.05, 0.1) is 6.61 Å². The molecule has 0 spiro atoms. The van der Waals surface area contributed by atoms with Gasteiger partial charge in [-0.3, -0.25) is 4.21 Å². The number of rotatable bonds is 5. The summed E-state index contributed by atoms with van der Waals surface area (Å²) in [5, 5.41) is 13.3. The summed E-state index contributed by atoms with van der Waals surface area (Å²) >= 11 is 1.47. The monoisotopic (exact) mass is 409 g/mol. The second kappa shape index (κ2) is 8.63. The molecule has 0 atom stereocenters. The molecule has 0 saturated carbocycles. The maximum atomic E-state index is 11.8. The number of anilines is 2. The van der Waals surface area contributed by atoms with Crippen LogP contribution in [0.15, 0.2) is 11.4 Å². The highest BCUT2D eigenvalue weighted by atomic mass is 32.2. The Kier molecular flexibility index (Phi) is 6.01. The van der Waals surface area contributed by atoms with Crippen LogP contribution in [0.25, 0.3) is 11.0 Å². The van der Waals surface area contributed by atoms with Crippen molar-refractivity contribution in [3.63, 3.8) is 0 Å². The molecule has 2 aliphatic heterocycles. The summed E-state index contributed by atoms with van der Waals surface area (Å²) in [7, 11) is -0.755. The first-order valence-corrected chi connectivity index (χ1v) is 11.6. The number of nitrogens with one attached hydrogen (secondary N) is 1. The van der Waals surface area contributed by atoms with Crippen molar-refractivity contribution in [2.75, 3.05) is 72.9 Å². The molecule has 0 amide bonds. The van der Waals surface area contributed by atoms with E-state index in [4.69, 9.17) is 9.97 Å². The van der Waals surface area contributed by atoms with Gasteiger partial charge >= 0.3 is 0 Å². The van der Waals surface area contributed by atoms with E-state index in [-0.39, 0.29) is 6.61 Å². The molecule has 2 fully saturated rings. The Labute approximate surface area is 164 Å². The largest absolute Gasteiger partial charge is 0.396 e. The predicted molar refractivity (Wildman–Crippen MR) is 108 cm³/mol. The fraction of sp³-hybridized carbons (Fsp3) is 0.625. The number of aliphatic hydroxyl groups is 1. The van der Waals surface area contributed by atoms with Crippen molar-refractivity contribution in [2.24, 2.45) is 0 Å². The molecule has 2 aromatic rings. The lowest BCUT2D eigenvalue weighted by molar-refractivity contribution is 0.322. The summed E-state index contributed by atoms with van der Waals surface area (Å²) in [6.07, 6.45) is 1.53. The predicted octanol–water partition coefficient (Wildman–Crippen LogP) is -0.517. The van der Waals surface area contributed by atoms with E-state index in [0.717, 1.165) is 48.1 Å². The van der Waals surface area contributed by atoms with Gasteiger partial charge in [0.25, 0.3) is 0 Å². The van der Waals surface area contributed by atoms with Crippen molar-refractivity contribution in [2.45, 2.75) is 5.03 Å². The molecule has 4 rings (SSSR count). The number of thioether (sulfide) groups is 1. The van der Waals surface area contributed by atoms with Crippen LogP contribution < -0.4 is 15.1 Å². The Morgan fingerprint density at radius 1 is 1.07 bits per heavy atom. The minimum absolute atomic E-state index is 0.0801. The third-order valence-corrected chi connectivity index (χ3v) is 6.86. The minimum Gasteiger partial charge on any atom is -0.396 e. The molecule has 27 heavy (non-hydrogen) atoms. The molecule has 9 nitrogen and oxygen atoms in total. The number of fused-ring (bicyclic) bond motifs is 1. The second-order valence-electron chi connectivity index (χ2n) is 6.37. The first-order chi connectivity index (χ1) is 13.3. The standard InChI is InChI=1S/C16H23N7O2S2/c24-7-8-26-15-13-12(18-11-19-15)14(22-5-9-27(25)10-6-22)21-16(20-13)23-3-1-17-2-4-23/h11,17,24H,1-10H2. The average Bonchev–Trinajstić information content (AvgIpc) is 2.72. The van der Waals surface area contributed by atoms with Gasteiger partial charge in [-0.1, -0.05) is 0 Å². The van der Waals surface area contributed by atoms with E-state index in [1.54, 1.807) is 0 Å². The number of nitrogens with zero attached hydrogens (tertiary/aromatic N) is 6. The van der Waals surface area contributed by atoms with Gasteiger partial charge in [-0.2, -0.15) is 4.98 Å². The van der Waals surface area contributed by atoms with Crippen LogP contribution >= 0.6 is 11.8 Å². The third-order valence-electron chi connectivity index (χ3n) is 4.63. The molecule has 2 saturated heterocycles. The van der Waals surface area contributed by atoms with E-state index in [2.05, 4.69) is 25.1 Å². The van der Waals surface area contributed by atoms with E-state index >= 15 is 0 Å². The highest BCUT2D eigenvalue weighted by molar-refractivity contribution is 7.99. The smallest absolute Gasteiger partial charge is 0.228 e. The Morgan fingerprint density at radius 3 is 2.59 bits per heavy atom. The summed E-state index contributed by atoms with van der Waals surface area (Å²) in [5.74, 6) is 3.32. The lowest BCUT2D eigenvalue weighted by Crippen LogP contribution is -2.44. The highest BCUT2D eigenvalue weighted by Crippen LogP contribution is 2.31. The number of hydrogen-bond donors (Lipinski definition) is 2. The molecular formula is C16H23N7O2S2. The summed E-state index contributed by atoms with van der Waals surface area (Å²) in [5.41, 5.74) is 1.44. The van der Waals surface area contributed by atoms with Crippen LogP contribution in [0.5, 0.6) is 0 Å². The van der Waals surface area contributed by atoms with Gasteiger partial charge in [0.1, 0.15) is 22.4 Å². The summed E-state index contributed by atoms with van der Waals surface area (Å²) in [6, 6.07) is 0. The normalized spacial score (nSPS) is 19.0.